The molecule has 0 aromatic carbocycles. The Balaban J connectivity index is 2.26. The van der Waals surface area contributed by atoms with Crippen LogP contribution in [0.2, 0.25) is 0 Å². The first-order valence-electron chi connectivity index (χ1n) is 5.99. The van der Waals surface area contributed by atoms with Crippen LogP contribution in [0.3, 0.4) is 0 Å². The Hall–Kier alpha value is -0.830. The molecule has 1 unspecified atom stereocenters. The van der Waals surface area contributed by atoms with Crippen molar-refractivity contribution in [3.8, 4) is 0 Å². The number of hydrogen-bond donors (Lipinski definition) is 1. The van der Waals surface area contributed by atoms with Crippen molar-refractivity contribution in [1.29, 1.82) is 0 Å². The van der Waals surface area contributed by atoms with Crippen molar-refractivity contribution in [2.24, 2.45) is 5.73 Å². The summed E-state index contributed by atoms with van der Waals surface area (Å²) in [4.78, 5) is 0. The lowest BCUT2D eigenvalue weighted by Crippen LogP contribution is -2.17. The second-order valence-electron chi connectivity index (χ2n) is 4.35. The summed E-state index contributed by atoms with van der Waals surface area (Å²) in [5.74, 6) is 0. The van der Waals surface area contributed by atoms with E-state index < -0.39 is 0 Å². The molecule has 0 radical (unpaired) electrons. The van der Waals surface area contributed by atoms with Crippen molar-refractivity contribution in [1.82, 2.24) is 9.78 Å². The van der Waals surface area contributed by atoms with Crippen molar-refractivity contribution in [3.63, 3.8) is 0 Å². The molecule has 0 spiro atoms. The van der Waals surface area contributed by atoms with Crippen LogP contribution in [0.25, 0.3) is 0 Å². The molecule has 15 heavy (non-hydrogen) atoms. The van der Waals surface area contributed by atoms with Crippen LogP contribution < -0.4 is 5.73 Å². The minimum atomic E-state index is 0.225. The maximum atomic E-state index is 5.74. The van der Waals surface area contributed by atoms with Gasteiger partial charge in [-0.15, -0.1) is 0 Å². The molecule has 0 aliphatic heterocycles. The molecule has 1 aromatic heterocycles. The summed E-state index contributed by atoms with van der Waals surface area (Å²) < 4.78 is 2.04. The fraction of sp³-hybridized carbons (Fsp3) is 0.750. The predicted octanol–water partition coefficient (Wildman–Crippen LogP) is 2.35. The molecule has 3 heteroatoms. The summed E-state index contributed by atoms with van der Waals surface area (Å²) in [7, 11) is 0. The van der Waals surface area contributed by atoms with Crippen LogP contribution in [-0.2, 0) is 13.0 Å². The van der Waals surface area contributed by atoms with Crippen molar-refractivity contribution >= 4 is 0 Å². The Labute approximate surface area is 92.7 Å². The number of hydrogen-bond acceptors (Lipinski definition) is 2. The van der Waals surface area contributed by atoms with Gasteiger partial charge in [0.2, 0.25) is 0 Å². The lowest BCUT2D eigenvalue weighted by Gasteiger charge is -2.01. The van der Waals surface area contributed by atoms with Gasteiger partial charge in [0.05, 0.1) is 6.20 Å². The molecule has 0 fully saturated rings. The Morgan fingerprint density at radius 3 is 2.87 bits per heavy atom. The summed E-state index contributed by atoms with van der Waals surface area (Å²) >= 11 is 0. The predicted molar refractivity (Wildman–Crippen MR) is 63.7 cm³/mol. The van der Waals surface area contributed by atoms with Crippen LogP contribution in [0.15, 0.2) is 12.4 Å². The van der Waals surface area contributed by atoms with Crippen molar-refractivity contribution < 1.29 is 0 Å². The summed E-state index contributed by atoms with van der Waals surface area (Å²) in [5, 5.41) is 4.33. The van der Waals surface area contributed by atoms with Crippen molar-refractivity contribution in [2.45, 2.75) is 58.5 Å². The summed E-state index contributed by atoms with van der Waals surface area (Å²) in [6.07, 6.45) is 10.1. The third-order valence-electron chi connectivity index (χ3n) is 2.49. The largest absolute Gasteiger partial charge is 0.328 e. The minimum absolute atomic E-state index is 0.225. The molecule has 0 saturated carbocycles. The molecule has 0 bridgehead atoms. The van der Waals surface area contributed by atoms with Gasteiger partial charge in [-0.3, -0.25) is 4.68 Å². The average molecular weight is 209 g/mol. The van der Waals surface area contributed by atoms with Gasteiger partial charge < -0.3 is 5.73 Å². The Kier molecular flexibility index (Phi) is 5.40. The van der Waals surface area contributed by atoms with E-state index in [2.05, 4.69) is 18.2 Å². The number of rotatable bonds is 7. The van der Waals surface area contributed by atoms with Gasteiger partial charge in [0.15, 0.2) is 0 Å². The molecule has 1 heterocycles. The minimum Gasteiger partial charge on any atom is -0.328 e. The molecule has 0 amide bonds. The molecular weight excluding hydrogens is 186 g/mol. The highest BCUT2D eigenvalue weighted by atomic mass is 15.3. The highest BCUT2D eigenvalue weighted by molar-refractivity contribution is 5.05. The normalized spacial score (nSPS) is 13.0. The summed E-state index contributed by atoms with van der Waals surface area (Å²) in [6.45, 7) is 5.30. The van der Waals surface area contributed by atoms with E-state index in [1.807, 2.05) is 17.8 Å². The first kappa shape index (κ1) is 12.2. The van der Waals surface area contributed by atoms with Crippen LogP contribution >= 0.6 is 0 Å². The van der Waals surface area contributed by atoms with Crippen LogP contribution in [0.1, 0.15) is 45.1 Å². The third-order valence-corrected chi connectivity index (χ3v) is 2.49. The topological polar surface area (TPSA) is 43.8 Å². The van der Waals surface area contributed by atoms with E-state index in [0.29, 0.717) is 0 Å². The zero-order valence-electron chi connectivity index (χ0n) is 9.95. The van der Waals surface area contributed by atoms with Crippen LogP contribution in [-0.4, -0.2) is 15.8 Å². The molecule has 0 aliphatic carbocycles. The smallest absolute Gasteiger partial charge is 0.0522 e. The van der Waals surface area contributed by atoms with E-state index in [1.54, 1.807) is 0 Å². The fourth-order valence-electron chi connectivity index (χ4n) is 1.71. The van der Waals surface area contributed by atoms with Gasteiger partial charge in [0.25, 0.3) is 0 Å². The van der Waals surface area contributed by atoms with Gasteiger partial charge in [0.1, 0.15) is 0 Å². The first-order chi connectivity index (χ1) is 7.22. The van der Waals surface area contributed by atoms with Gasteiger partial charge in [-0.2, -0.15) is 5.10 Å². The fourth-order valence-corrected chi connectivity index (χ4v) is 1.71. The number of unbranched alkanes of at least 4 members (excludes halogenated alkanes) is 3. The highest BCUT2D eigenvalue weighted by Gasteiger charge is 2.01. The van der Waals surface area contributed by atoms with Gasteiger partial charge in [-0.1, -0.05) is 26.2 Å². The monoisotopic (exact) mass is 209 g/mol. The van der Waals surface area contributed by atoms with E-state index in [0.717, 1.165) is 13.0 Å². The highest BCUT2D eigenvalue weighted by Crippen LogP contribution is 2.04. The van der Waals surface area contributed by atoms with Crippen LogP contribution in [0, 0.1) is 0 Å². The number of nitrogens with two attached hydrogens (primary N) is 1. The number of nitrogens with zero attached hydrogens (tertiary/aromatic N) is 2. The van der Waals surface area contributed by atoms with E-state index in [1.165, 1.54) is 31.2 Å². The molecule has 0 saturated heterocycles. The molecule has 1 atom stereocenters. The van der Waals surface area contributed by atoms with E-state index >= 15 is 0 Å². The third kappa shape index (κ3) is 4.98. The summed E-state index contributed by atoms with van der Waals surface area (Å²) in [6, 6.07) is 0.225. The standard InChI is InChI=1S/C12H23N3/c1-3-4-5-6-7-15-10-12(9-14-15)8-11(2)13/h9-11H,3-8,13H2,1-2H3. The van der Waals surface area contributed by atoms with Gasteiger partial charge in [-0.25, -0.2) is 0 Å². The molecule has 0 aliphatic rings. The van der Waals surface area contributed by atoms with E-state index in [4.69, 9.17) is 5.73 Å². The van der Waals surface area contributed by atoms with E-state index in [-0.39, 0.29) is 6.04 Å². The Morgan fingerprint density at radius 1 is 1.40 bits per heavy atom. The molecule has 86 valence electrons. The Bertz CT molecular complexity index is 266. The number of aryl methyl sites for hydroxylation is 1. The first-order valence-corrected chi connectivity index (χ1v) is 5.99. The molecule has 3 nitrogen and oxygen atoms in total. The van der Waals surface area contributed by atoms with Gasteiger partial charge in [0, 0.05) is 18.8 Å². The molecule has 2 N–H and O–H groups in total. The lowest BCUT2D eigenvalue weighted by atomic mass is 10.1. The Morgan fingerprint density at radius 2 is 2.20 bits per heavy atom. The zero-order valence-corrected chi connectivity index (χ0v) is 9.95. The quantitative estimate of drug-likeness (QED) is 0.701. The van der Waals surface area contributed by atoms with Crippen LogP contribution in [0.4, 0.5) is 0 Å². The SMILES string of the molecule is CCCCCCn1cc(CC(C)N)cn1. The zero-order chi connectivity index (χ0) is 11.1. The van der Waals surface area contributed by atoms with Crippen molar-refractivity contribution in [2.75, 3.05) is 0 Å². The van der Waals surface area contributed by atoms with Gasteiger partial charge in [-0.05, 0) is 25.3 Å². The average Bonchev–Trinajstić information content (AvgIpc) is 2.59. The summed E-state index contributed by atoms with van der Waals surface area (Å²) in [5.41, 5.74) is 6.99. The van der Waals surface area contributed by atoms with E-state index in [9.17, 15) is 0 Å². The second kappa shape index (κ2) is 6.62. The molecule has 1 rings (SSSR count). The van der Waals surface area contributed by atoms with Crippen molar-refractivity contribution in [3.05, 3.63) is 18.0 Å². The maximum Gasteiger partial charge on any atom is 0.0522 e. The lowest BCUT2D eigenvalue weighted by molar-refractivity contribution is 0.541. The molecular formula is C12H23N3. The van der Waals surface area contributed by atoms with Crippen LogP contribution in [0.5, 0.6) is 0 Å². The van der Waals surface area contributed by atoms with Gasteiger partial charge >= 0.3 is 0 Å². The second-order valence-corrected chi connectivity index (χ2v) is 4.35. The number of aromatic nitrogens is 2. The molecule has 1 aromatic rings. The maximum absolute atomic E-state index is 5.74.